The lowest BCUT2D eigenvalue weighted by Gasteiger charge is -2.53. The van der Waals surface area contributed by atoms with Gasteiger partial charge in [-0.1, -0.05) is 31.9 Å². The van der Waals surface area contributed by atoms with Crippen molar-refractivity contribution >= 4 is 75.3 Å². The van der Waals surface area contributed by atoms with Crippen LogP contribution in [0.25, 0.3) is 0 Å². The lowest BCUT2D eigenvalue weighted by Crippen LogP contribution is -2.54. The van der Waals surface area contributed by atoms with Gasteiger partial charge in [-0.15, -0.1) is 0 Å². The molecule has 0 spiro atoms. The van der Waals surface area contributed by atoms with Crippen LogP contribution in [0.3, 0.4) is 0 Å². The second-order valence-electron chi connectivity index (χ2n) is 12.0. The minimum atomic E-state index is -0.710. The average molecular weight is 800 g/mol. The Bertz CT molecular complexity index is 1500. The molecule has 4 aliphatic heterocycles. The van der Waals surface area contributed by atoms with Crippen LogP contribution < -0.4 is 9.47 Å². The standard InChI is InChI=1S/C30H24Br4O6/c1-29(2)15-9-37-25-13(5-11(31)7-17(25)33)19(15)21-23(35)24(36)22-20-14-6-12(32)8-18(34)26(14)38-10-16(20)30(3,4)40-28(22)27(21)39-29/h5-8,15-16,19-20H,9-10H2,1-4H3/t15-,16-,19+,20+/m0/s1. The Morgan fingerprint density at radius 3 is 1.40 bits per heavy atom. The van der Waals surface area contributed by atoms with E-state index in [9.17, 15) is 9.59 Å². The van der Waals surface area contributed by atoms with Crippen LogP contribution in [-0.4, -0.2) is 36.0 Å². The summed E-state index contributed by atoms with van der Waals surface area (Å²) in [5.74, 6) is -0.225. The van der Waals surface area contributed by atoms with Crippen LogP contribution in [0.2, 0.25) is 0 Å². The fourth-order valence-corrected chi connectivity index (χ4v) is 9.70. The summed E-state index contributed by atoms with van der Waals surface area (Å²) in [6.07, 6.45) is 0. The maximum absolute atomic E-state index is 14.3. The van der Waals surface area contributed by atoms with Gasteiger partial charge in [0.05, 0.1) is 33.3 Å². The van der Waals surface area contributed by atoms with Gasteiger partial charge in [-0.2, -0.15) is 0 Å². The van der Waals surface area contributed by atoms with E-state index in [1.165, 1.54) is 0 Å². The predicted molar refractivity (Wildman–Crippen MR) is 162 cm³/mol. The first kappa shape index (κ1) is 27.2. The molecule has 7 rings (SSSR count). The van der Waals surface area contributed by atoms with Gasteiger partial charge in [-0.25, -0.2) is 0 Å². The van der Waals surface area contributed by atoms with Crippen LogP contribution in [0.1, 0.15) is 50.7 Å². The number of halogens is 4. The Labute approximate surface area is 265 Å². The van der Waals surface area contributed by atoms with Gasteiger partial charge in [0.2, 0.25) is 11.6 Å². The molecule has 2 aromatic rings. The zero-order chi connectivity index (χ0) is 28.5. The second kappa shape index (κ2) is 8.94. The van der Waals surface area contributed by atoms with Crippen molar-refractivity contribution in [2.24, 2.45) is 11.8 Å². The second-order valence-corrected chi connectivity index (χ2v) is 15.5. The van der Waals surface area contributed by atoms with E-state index in [1.54, 1.807) is 0 Å². The summed E-state index contributed by atoms with van der Waals surface area (Å²) in [4.78, 5) is 28.5. The van der Waals surface area contributed by atoms with Gasteiger partial charge in [-0.05, 0) is 83.8 Å². The van der Waals surface area contributed by atoms with Crippen LogP contribution in [-0.2, 0) is 19.1 Å². The Hall–Kier alpha value is -1.62. The molecule has 5 aliphatic rings. The van der Waals surface area contributed by atoms with Crippen LogP contribution >= 0.6 is 63.7 Å². The van der Waals surface area contributed by atoms with Gasteiger partial charge in [0.1, 0.15) is 22.7 Å². The molecule has 10 heteroatoms. The van der Waals surface area contributed by atoms with E-state index in [-0.39, 0.29) is 11.8 Å². The number of hydrogen-bond acceptors (Lipinski definition) is 6. The zero-order valence-electron chi connectivity index (χ0n) is 22.0. The van der Waals surface area contributed by atoms with Crippen molar-refractivity contribution in [2.75, 3.05) is 13.2 Å². The maximum atomic E-state index is 14.3. The normalized spacial score (nSPS) is 28.9. The maximum Gasteiger partial charge on any atom is 0.233 e. The summed E-state index contributed by atoms with van der Waals surface area (Å²) in [7, 11) is 0. The van der Waals surface area contributed by atoms with Gasteiger partial charge in [0, 0.05) is 43.7 Å². The lowest BCUT2D eigenvalue weighted by atomic mass is 9.63. The molecule has 4 heterocycles. The smallest absolute Gasteiger partial charge is 0.233 e. The Morgan fingerprint density at radius 2 is 1.02 bits per heavy atom. The quantitative estimate of drug-likeness (QED) is 0.200. The molecule has 0 saturated carbocycles. The predicted octanol–water partition coefficient (Wildman–Crippen LogP) is 7.90. The third kappa shape index (κ3) is 3.74. The van der Waals surface area contributed by atoms with E-state index >= 15 is 0 Å². The number of ketones is 2. The monoisotopic (exact) mass is 796 g/mol. The Morgan fingerprint density at radius 1 is 0.650 bits per heavy atom. The lowest BCUT2D eigenvalue weighted by molar-refractivity contribution is -0.140. The minimum absolute atomic E-state index is 0.195. The third-order valence-electron chi connectivity index (χ3n) is 8.89. The summed E-state index contributed by atoms with van der Waals surface area (Å²) >= 11 is 14.4. The number of hydrogen-bond donors (Lipinski definition) is 0. The number of benzene rings is 2. The highest BCUT2D eigenvalue weighted by atomic mass is 79.9. The fourth-order valence-electron chi connectivity index (χ4n) is 6.96. The minimum Gasteiger partial charge on any atom is -0.492 e. The fraction of sp³-hybridized carbons (Fsp3) is 0.400. The molecule has 0 bridgehead atoms. The average Bonchev–Trinajstić information content (AvgIpc) is 2.86. The number of ether oxygens (including phenoxy) is 4. The number of carbonyl (C=O) groups is 2. The van der Waals surface area contributed by atoms with Crippen molar-refractivity contribution in [1.29, 1.82) is 0 Å². The number of Topliss-reactive ketones (excluding diaryl/α,β-unsaturated/α-hetero) is 2. The van der Waals surface area contributed by atoms with Gasteiger partial charge >= 0.3 is 0 Å². The molecule has 208 valence electrons. The summed E-state index contributed by atoms with van der Waals surface area (Å²) in [5, 5.41) is 0. The molecule has 4 atom stereocenters. The summed E-state index contributed by atoms with van der Waals surface area (Å²) < 4.78 is 29.0. The van der Waals surface area contributed by atoms with Crippen molar-refractivity contribution in [1.82, 2.24) is 0 Å². The molecular formula is C30H24Br4O6. The van der Waals surface area contributed by atoms with Gasteiger partial charge in [0.15, 0.2) is 11.5 Å². The highest BCUT2D eigenvalue weighted by Crippen LogP contribution is 2.60. The van der Waals surface area contributed by atoms with E-state index in [1.807, 2.05) is 52.0 Å². The molecular weight excluding hydrogens is 776 g/mol. The first-order valence-electron chi connectivity index (χ1n) is 13.0. The van der Waals surface area contributed by atoms with Gasteiger partial charge < -0.3 is 18.9 Å². The number of allylic oxidation sites excluding steroid dienone is 2. The van der Waals surface area contributed by atoms with Crippen LogP contribution in [0, 0.1) is 11.8 Å². The molecule has 2 aromatic carbocycles. The van der Waals surface area contributed by atoms with Crippen LogP contribution in [0.15, 0.2) is 64.8 Å². The van der Waals surface area contributed by atoms with Crippen molar-refractivity contribution in [3.05, 3.63) is 75.9 Å². The molecule has 0 fully saturated rings. The van der Waals surface area contributed by atoms with Crippen LogP contribution in [0.5, 0.6) is 11.5 Å². The molecule has 0 amide bonds. The Balaban J connectivity index is 1.52. The Kier molecular flexibility index (Phi) is 6.09. The first-order valence-corrected chi connectivity index (χ1v) is 16.2. The topological polar surface area (TPSA) is 71.1 Å². The van der Waals surface area contributed by atoms with E-state index in [2.05, 4.69) is 63.7 Å². The molecule has 0 N–H and O–H groups in total. The van der Waals surface area contributed by atoms with Gasteiger partial charge in [-0.3, -0.25) is 9.59 Å². The molecule has 0 saturated heterocycles. The van der Waals surface area contributed by atoms with Gasteiger partial charge in [0.25, 0.3) is 0 Å². The SMILES string of the molecule is CC1(C)OC2=C(C(=O)C(=O)C3=C2OC(C)(C)[C@H]2COc4c(Br)cc(Br)cc4[C@@H]32)[C@@H]2c3cc(Br)cc(Br)c3OC[C@@H]21. The van der Waals surface area contributed by atoms with Crippen LogP contribution in [0.4, 0.5) is 0 Å². The summed E-state index contributed by atoms with van der Waals surface area (Å²) in [6.45, 7) is 8.71. The van der Waals surface area contributed by atoms with E-state index in [0.717, 1.165) is 29.0 Å². The highest BCUT2D eigenvalue weighted by molar-refractivity contribution is 9.11. The third-order valence-corrected chi connectivity index (χ3v) is 11.0. The molecule has 40 heavy (non-hydrogen) atoms. The van der Waals surface area contributed by atoms with Crippen molar-refractivity contribution in [3.63, 3.8) is 0 Å². The van der Waals surface area contributed by atoms with Crippen molar-refractivity contribution < 1.29 is 28.5 Å². The van der Waals surface area contributed by atoms with Crippen molar-refractivity contribution in [3.8, 4) is 11.5 Å². The molecule has 0 aromatic heterocycles. The highest BCUT2D eigenvalue weighted by Gasteiger charge is 2.60. The van der Waals surface area contributed by atoms with E-state index in [4.69, 9.17) is 18.9 Å². The number of fused-ring (bicyclic) bond motifs is 9. The van der Waals surface area contributed by atoms with E-state index < -0.39 is 34.6 Å². The molecule has 6 nitrogen and oxygen atoms in total. The molecule has 1 aliphatic carbocycles. The first-order chi connectivity index (χ1) is 18.8. The van der Waals surface area contributed by atoms with Crippen molar-refractivity contribution in [2.45, 2.75) is 50.7 Å². The molecule has 0 radical (unpaired) electrons. The summed E-state index contributed by atoms with van der Waals surface area (Å²) in [6, 6.07) is 7.77. The largest absolute Gasteiger partial charge is 0.492 e. The van der Waals surface area contributed by atoms with E-state index in [0.29, 0.717) is 47.4 Å². The molecule has 0 unspecified atom stereocenters. The number of rotatable bonds is 0. The number of carbonyl (C=O) groups excluding carboxylic acids is 2. The summed E-state index contributed by atoms with van der Waals surface area (Å²) in [5.41, 5.74) is 0.948. The zero-order valence-corrected chi connectivity index (χ0v) is 28.3.